The maximum Gasteiger partial charge on any atom is 0.410 e. The lowest BCUT2D eigenvalue weighted by atomic mass is 9.76. The number of rotatable bonds is 2. The van der Waals surface area contributed by atoms with Crippen LogP contribution in [0.5, 0.6) is 0 Å². The normalized spacial score (nSPS) is 25.2. The van der Waals surface area contributed by atoms with Gasteiger partial charge in [-0.25, -0.2) is 9.78 Å². The summed E-state index contributed by atoms with van der Waals surface area (Å²) in [6.45, 7) is 8.62. The van der Waals surface area contributed by atoms with Crippen LogP contribution in [0.2, 0.25) is 0 Å². The molecule has 1 N–H and O–H groups in total. The summed E-state index contributed by atoms with van der Waals surface area (Å²) in [5.41, 5.74) is 0.344. The van der Waals surface area contributed by atoms with E-state index in [1.807, 2.05) is 25.7 Å². The molecule has 2 fully saturated rings. The molecule has 0 aliphatic carbocycles. The third kappa shape index (κ3) is 4.94. The molecular weight excluding hydrogens is 396 g/mol. The van der Waals surface area contributed by atoms with Crippen LogP contribution >= 0.6 is 15.9 Å². The van der Waals surface area contributed by atoms with E-state index in [2.05, 4.69) is 31.2 Å². The molecule has 6 nitrogen and oxygen atoms in total. The molecule has 2 aliphatic heterocycles. The van der Waals surface area contributed by atoms with Gasteiger partial charge in [-0.2, -0.15) is 0 Å². The molecule has 1 aromatic rings. The van der Waals surface area contributed by atoms with Crippen molar-refractivity contribution in [1.82, 2.24) is 20.2 Å². The van der Waals surface area contributed by atoms with Crippen molar-refractivity contribution in [2.75, 3.05) is 19.6 Å². The van der Waals surface area contributed by atoms with Crippen LogP contribution in [0.4, 0.5) is 4.79 Å². The summed E-state index contributed by atoms with van der Waals surface area (Å²) in [5, 5.41) is 3.44. The standard InChI is InChI=1S/C19H29BrN4O2/c1-19(2,3)26-18(25)24-9-6-14(13-4-7-21-8-5-13)10-16(24)15-11-23-17(20)12-22-15/h11-14,16,21H,4-10H2,1-3H3/t14?,16-/m1/s1. The average Bonchev–Trinajstić information content (AvgIpc) is 2.61. The first-order valence-corrected chi connectivity index (χ1v) is 10.3. The number of nitrogens with zero attached hydrogens (tertiary/aromatic N) is 3. The molecule has 0 spiro atoms. The summed E-state index contributed by atoms with van der Waals surface area (Å²) < 4.78 is 6.36. The molecule has 0 bridgehead atoms. The smallest absolute Gasteiger partial charge is 0.410 e. The van der Waals surface area contributed by atoms with E-state index in [0.29, 0.717) is 17.1 Å². The summed E-state index contributed by atoms with van der Waals surface area (Å²) in [6.07, 6.45) is 7.63. The summed E-state index contributed by atoms with van der Waals surface area (Å²) in [5.74, 6) is 1.34. The van der Waals surface area contributed by atoms with Crippen LogP contribution in [-0.4, -0.2) is 46.2 Å². The molecule has 0 aromatic carbocycles. The third-order valence-electron chi connectivity index (χ3n) is 5.30. The fraction of sp³-hybridized carbons (Fsp3) is 0.737. The lowest BCUT2D eigenvalue weighted by Crippen LogP contribution is -2.46. The van der Waals surface area contributed by atoms with Crippen molar-refractivity contribution >= 4 is 22.0 Å². The minimum atomic E-state index is -0.501. The number of nitrogens with one attached hydrogen (secondary N) is 1. The molecule has 3 heterocycles. The SMILES string of the molecule is CC(C)(C)OC(=O)N1CCC(C2CCNCC2)C[C@@H]1c1cnc(Br)cn1. The number of halogens is 1. The van der Waals surface area contributed by atoms with Gasteiger partial charge in [0.25, 0.3) is 0 Å². The second-order valence-electron chi connectivity index (χ2n) is 8.33. The average molecular weight is 425 g/mol. The largest absolute Gasteiger partial charge is 0.444 e. The minimum Gasteiger partial charge on any atom is -0.444 e. The van der Waals surface area contributed by atoms with Crippen molar-refractivity contribution in [2.45, 2.75) is 58.1 Å². The van der Waals surface area contributed by atoms with Crippen molar-refractivity contribution in [2.24, 2.45) is 11.8 Å². The van der Waals surface area contributed by atoms with E-state index in [4.69, 9.17) is 4.74 Å². The van der Waals surface area contributed by atoms with Gasteiger partial charge in [-0.3, -0.25) is 9.88 Å². The van der Waals surface area contributed by atoms with E-state index in [0.717, 1.165) is 37.5 Å². The first-order valence-electron chi connectivity index (χ1n) is 9.51. The molecule has 2 atom stereocenters. The number of likely N-dealkylation sites (tertiary alicyclic amines) is 1. The Morgan fingerprint density at radius 1 is 1.19 bits per heavy atom. The Balaban J connectivity index is 1.79. The molecule has 7 heteroatoms. The lowest BCUT2D eigenvalue weighted by Gasteiger charge is -2.42. The number of hydrogen-bond acceptors (Lipinski definition) is 5. The van der Waals surface area contributed by atoms with Crippen molar-refractivity contribution in [3.63, 3.8) is 0 Å². The summed E-state index contributed by atoms with van der Waals surface area (Å²) in [4.78, 5) is 23.5. The monoisotopic (exact) mass is 424 g/mol. The van der Waals surface area contributed by atoms with E-state index in [-0.39, 0.29) is 12.1 Å². The number of piperidine rings is 2. The maximum absolute atomic E-state index is 12.8. The molecule has 144 valence electrons. The zero-order valence-electron chi connectivity index (χ0n) is 15.9. The maximum atomic E-state index is 12.8. The number of carbonyl (C=O) groups is 1. The molecule has 1 unspecified atom stereocenters. The Bertz CT molecular complexity index is 611. The number of hydrogen-bond donors (Lipinski definition) is 1. The highest BCUT2D eigenvalue weighted by atomic mass is 79.9. The van der Waals surface area contributed by atoms with Gasteiger partial charge in [-0.1, -0.05) is 0 Å². The van der Waals surface area contributed by atoms with Gasteiger partial charge >= 0.3 is 6.09 Å². The van der Waals surface area contributed by atoms with Gasteiger partial charge in [-0.05, 0) is 87.3 Å². The highest BCUT2D eigenvalue weighted by Crippen LogP contribution is 2.40. The van der Waals surface area contributed by atoms with Gasteiger partial charge in [0.2, 0.25) is 0 Å². The number of ether oxygens (including phenoxy) is 1. The highest BCUT2D eigenvalue weighted by molar-refractivity contribution is 9.10. The van der Waals surface area contributed by atoms with E-state index >= 15 is 0 Å². The minimum absolute atomic E-state index is 0.0703. The molecule has 3 rings (SSSR count). The Morgan fingerprint density at radius 3 is 2.54 bits per heavy atom. The van der Waals surface area contributed by atoms with Gasteiger partial charge in [0, 0.05) is 6.54 Å². The summed E-state index contributed by atoms with van der Waals surface area (Å²) in [7, 11) is 0. The van der Waals surface area contributed by atoms with Crippen LogP contribution in [0.3, 0.4) is 0 Å². The van der Waals surface area contributed by atoms with E-state index in [1.54, 1.807) is 12.4 Å². The van der Waals surface area contributed by atoms with Crippen LogP contribution in [-0.2, 0) is 4.74 Å². The van der Waals surface area contributed by atoms with Crippen LogP contribution in [0.15, 0.2) is 17.0 Å². The van der Waals surface area contributed by atoms with Crippen molar-refractivity contribution in [3.8, 4) is 0 Å². The molecular formula is C19H29BrN4O2. The quantitative estimate of drug-likeness (QED) is 0.778. The van der Waals surface area contributed by atoms with Crippen LogP contribution in [0.1, 0.15) is 58.2 Å². The Morgan fingerprint density at radius 2 is 1.92 bits per heavy atom. The van der Waals surface area contributed by atoms with E-state index < -0.39 is 5.60 Å². The number of carbonyl (C=O) groups excluding carboxylic acids is 1. The Kier molecular flexibility index (Phi) is 6.17. The topological polar surface area (TPSA) is 67.3 Å². The zero-order chi connectivity index (χ0) is 18.7. The van der Waals surface area contributed by atoms with Crippen molar-refractivity contribution < 1.29 is 9.53 Å². The molecule has 0 saturated carbocycles. The van der Waals surface area contributed by atoms with Gasteiger partial charge in [0.05, 0.1) is 24.1 Å². The van der Waals surface area contributed by atoms with Gasteiger partial charge in [-0.15, -0.1) is 0 Å². The van der Waals surface area contributed by atoms with E-state index in [1.165, 1.54) is 12.8 Å². The van der Waals surface area contributed by atoms with Crippen molar-refractivity contribution in [1.29, 1.82) is 0 Å². The third-order valence-corrected chi connectivity index (χ3v) is 5.71. The second-order valence-corrected chi connectivity index (χ2v) is 9.14. The fourth-order valence-corrected chi connectivity index (χ4v) is 4.26. The van der Waals surface area contributed by atoms with E-state index in [9.17, 15) is 4.79 Å². The lowest BCUT2D eigenvalue weighted by molar-refractivity contribution is -0.00185. The first-order chi connectivity index (χ1) is 12.3. The fourth-order valence-electron chi connectivity index (χ4n) is 4.05. The molecule has 0 radical (unpaired) electrons. The molecule has 2 aliphatic rings. The predicted molar refractivity (Wildman–Crippen MR) is 104 cm³/mol. The molecule has 2 saturated heterocycles. The number of aromatic nitrogens is 2. The zero-order valence-corrected chi connectivity index (χ0v) is 17.5. The first kappa shape index (κ1) is 19.5. The molecule has 1 amide bonds. The summed E-state index contributed by atoms with van der Waals surface area (Å²) >= 11 is 3.34. The van der Waals surface area contributed by atoms with Gasteiger partial charge in [0.1, 0.15) is 10.2 Å². The summed E-state index contributed by atoms with van der Waals surface area (Å²) in [6, 6.07) is -0.0703. The molecule has 1 aromatic heterocycles. The highest BCUT2D eigenvalue weighted by Gasteiger charge is 2.38. The Hall–Kier alpha value is -1.21. The van der Waals surface area contributed by atoms with Gasteiger partial charge < -0.3 is 10.1 Å². The van der Waals surface area contributed by atoms with Crippen LogP contribution < -0.4 is 5.32 Å². The Labute approximate surface area is 164 Å². The second kappa shape index (κ2) is 8.21. The van der Waals surface area contributed by atoms with Crippen LogP contribution in [0, 0.1) is 11.8 Å². The van der Waals surface area contributed by atoms with Crippen molar-refractivity contribution in [3.05, 3.63) is 22.7 Å². The predicted octanol–water partition coefficient (Wildman–Crippen LogP) is 3.93. The van der Waals surface area contributed by atoms with Crippen LogP contribution in [0.25, 0.3) is 0 Å². The number of amides is 1. The van der Waals surface area contributed by atoms with Gasteiger partial charge in [0.15, 0.2) is 0 Å². The molecule has 26 heavy (non-hydrogen) atoms.